The van der Waals surface area contributed by atoms with Crippen LogP contribution in [0.3, 0.4) is 0 Å². The highest BCUT2D eigenvalue weighted by Crippen LogP contribution is 2.32. The van der Waals surface area contributed by atoms with E-state index in [4.69, 9.17) is 18.7 Å². The number of carbonyl (C=O) groups is 1. The number of nitrogens with one attached hydrogen (secondary N) is 1. The summed E-state index contributed by atoms with van der Waals surface area (Å²) in [5.74, 6) is -0.292. The van der Waals surface area contributed by atoms with Crippen molar-refractivity contribution in [1.29, 1.82) is 0 Å². The van der Waals surface area contributed by atoms with E-state index in [1.54, 1.807) is 24.3 Å². The third-order valence-electron chi connectivity index (χ3n) is 6.29. The maximum Gasteiger partial charge on any atom is 0.229 e. The standard InChI is InChI=1S/C31H44N2O5S/c1-5-8-12-29-30(27-23-25(32-39(4,35)36)15-18-28(27)38-29)31(34)24-13-16-26(17-14-24)37-22-11-21-33(19-9-6-2)20-10-7-3/h13-18,23,32H,5-12,19-22H2,1-4H3/i1D3,5D2,8D2. The highest BCUT2D eigenvalue weighted by molar-refractivity contribution is 7.92. The highest BCUT2D eigenvalue weighted by Gasteiger charge is 2.22. The van der Waals surface area contributed by atoms with Crippen molar-refractivity contribution < 1.29 is 32.0 Å². The zero-order chi connectivity index (χ0) is 34.3. The largest absolute Gasteiger partial charge is 0.494 e. The van der Waals surface area contributed by atoms with Gasteiger partial charge in [-0.3, -0.25) is 9.52 Å². The number of hydrogen-bond acceptors (Lipinski definition) is 6. The fourth-order valence-electron chi connectivity index (χ4n) is 4.35. The third-order valence-corrected chi connectivity index (χ3v) is 6.89. The molecule has 39 heavy (non-hydrogen) atoms. The highest BCUT2D eigenvalue weighted by atomic mass is 32.2. The fraction of sp³-hybridized carbons (Fsp3) is 0.516. The summed E-state index contributed by atoms with van der Waals surface area (Å²) in [6, 6.07) is 10.6. The van der Waals surface area contributed by atoms with Crippen molar-refractivity contribution in [2.24, 2.45) is 0 Å². The molecule has 3 aromatic rings. The topological polar surface area (TPSA) is 88.8 Å². The van der Waals surface area contributed by atoms with Crippen LogP contribution in [0.5, 0.6) is 5.75 Å². The van der Waals surface area contributed by atoms with Gasteiger partial charge in [-0.05, 0) is 81.2 Å². The van der Waals surface area contributed by atoms with Gasteiger partial charge in [0.25, 0.3) is 0 Å². The molecule has 8 heteroatoms. The first kappa shape index (κ1) is 21.9. The molecule has 1 aromatic heterocycles. The lowest BCUT2D eigenvalue weighted by atomic mass is 9.98. The van der Waals surface area contributed by atoms with Crippen LogP contribution >= 0.6 is 0 Å². The average molecular weight is 564 g/mol. The summed E-state index contributed by atoms with van der Waals surface area (Å²) in [6.07, 6.45) is -0.701. The zero-order valence-corrected chi connectivity index (χ0v) is 23.8. The first-order valence-corrected chi connectivity index (χ1v) is 15.3. The van der Waals surface area contributed by atoms with Crippen LogP contribution in [0.25, 0.3) is 11.0 Å². The van der Waals surface area contributed by atoms with E-state index in [2.05, 4.69) is 23.5 Å². The van der Waals surface area contributed by atoms with Crippen molar-refractivity contribution in [3.63, 3.8) is 0 Å². The van der Waals surface area contributed by atoms with Crippen molar-refractivity contribution in [3.8, 4) is 5.75 Å². The molecule has 3 rings (SSSR count). The Morgan fingerprint density at radius 1 is 1.05 bits per heavy atom. The van der Waals surface area contributed by atoms with Gasteiger partial charge in [0.2, 0.25) is 10.0 Å². The Hall–Kier alpha value is -2.84. The second kappa shape index (κ2) is 15.1. The third kappa shape index (κ3) is 9.39. The number of ketones is 1. The van der Waals surface area contributed by atoms with E-state index >= 15 is 0 Å². The number of benzene rings is 2. The summed E-state index contributed by atoms with van der Waals surface area (Å²) in [5, 5.41) is 0.162. The number of rotatable bonds is 18. The molecule has 0 aliphatic carbocycles. The number of nitrogens with zero attached hydrogens (tertiary/aromatic N) is 1. The molecule has 0 aliphatic heterocycles. The number of ether oxygens (including phenoxy) is 1. The molecule has 0 spiro atoms. The van der Waals surface area contributed by atoms with Crippen LogP contribution in [0.2, 0.25) is 0 Å². The first-order chi connectivity index (χ1) is 21.4. The summed E-state index contributed by atoms with van der Waals surface area (Å²) in [6.45, 7) is 4.61. The van der Waals surface area contributed by atoms with Crippen molar-refractivity contribution in [1.82, 2.24) is 4.90 Å². The Balaban J connectivity index is 1.88. The van der Waals surface area contributed by atoms with Gasteiger partial charge in [0, 0.05) is 39.2 Å². The number of carbonyl (C=O) groups excluding carboxylic acids is 1. The molecule has 7 nitrogen and oxygen atoms in total. The van der Waals surface area contributed by atoms with Crippen molar-refractivity contribution in [2.45, 2.75) is 72.0 Å². The lowest BCUT2D eigenvalue weighted by molar-refractivity contribution is 0.103. The Morgan fingerprint density at radius 3 is 2.38 bits per heavy atom. The summed E-state index contributed by atoms with van der Waals surface area (Å²) in [7, 11) is -3.67. The Labute approximate surface area is 243 Å². The van der Waals surface area contributed by atoms with E-state index in [1.807, 2.05) is 0 Å². The minimum absolute atomic E-state index is 0.120. The van der Waals surface area contributed by atoms with Crippen LogP contribution in [0.15, 0.2) is 46.9 Å². The molecule has 1 heterocycles. The number of unbranched alkanes of at least 4 members (excludes halogenated alkanes) is 2. The molecule has 214 valence electrons. The predicted octanol–water partition coefficient (Wildman–Crippen LogP) is 7.05. The van der Waals surface area contributed by atoms with Gasteiger partial charge in [-0.1, -0.05) is 39.9 Å². The van der Waals surface area contributed by atoms with E-state index < -0.39 is 41.8 Å². The van der Waals surface area contributed by atoms with Gasteiger partial charge in [0.1, 0.15) is 17.1 Å². The second-order valence-electron chi connectivity index (χ2n) is 9.57. The van der Waals surface area contributed by atoms with E-state index in [0.717, 1.165) is 58.0 Å². The molecule has 0 amide bonds. The molecule has 0 atom stereocenters. The van der Waals surface area contributed by atoms with Gasteiger partial charge in [0.15, 0.2) is 5.78 Å². The molecule has 0 unspecified atom stereocenters. The molecular formula is C31H44N2O5S. The van der Waals surface area contributed by atoms with E-state index in [0.29, 0.717) is 12.4 Å². The molecule has 1 N–H and O–H groups in total. The monoisotopic (exact) mass is 563 g/mol. The smallest absolute Gasteiger partial charge is 0.229 e. The van der Waals surface area contributed by atoms with Gasteiger partial charge in [-0.15, -0.1) is 0 Å². The lowest BCUT2D eigenvalue weighted by Crippen LogP contribution is -2.28. The predicted molar refractivity (Wildman–Crippen MR) is 160 cm³/mol. The summed E-state index contributed by atoms with van der Waals surface area (Å²) < 4.78 is 93.1. The molecule has 0 saturated carbocycles. The molecule has 0 fully saturated rings. The quantitative estimate of drug-likeness (QED) is 0.132. The Bertz CT molecular complexity index is 1560. The zero-order valence-electron chi connectivity index (χ0n) is 30.0. The fourth-order valence-corrected chi connectivity index (χ4v) is 4.90. The number of aryl methyl sites for hydroxylation is 1. The van der Waals surface area contributed by atoms with E-state index in [1.165, 1.54) is 18.2 Å². The van der Waals surface area contributed by atoms with Crippen LogP contribution in [-0.4, -0.2) is 51.6 Å². The molecule has 0 radical (unpaired) electrons. The molecule has 2 aromatic carbocycles. The number of hydrogen-bond donors (Lipinski definition) is 1. The number of sulfonamides is 1. The summed E-state index contributed by atoms with van der Waals surface area (Å²) >= 11 is 0. The maximum atomic E-state index is 13.9. The first-order valence-electron chi connectivity index (χ1n) is 16.9. The van der Waals surface area contributed by atoms with Crippen LogP contribution in [0.1, 0.15) is 96.8 Å². The number of fused-ring (bicyclic) bond motifs is 1. The van der Waals surface area contributed by atoms with Crippen molar-refractivity contribution in [3.05, 3.63) is 59.4 Å². The molecule has 0 bridgehead atoms. The van der Waals surface area contributed by atoms with Gasteiger partial charge in [-0.25, -0.2) is 8.42 Å². The van der Waals surface area contributed by atoms with Crippen molar-refractivity contribution >= 4 is 32.5 Å². The SMILES string of the molecule is [2H]C([2H])([2H])C([2H])([2H])C([2H])([2H])Cc1oc2ccc(NS(C)(=O)=O)cc2c1C(=O)c1ccc(OCCCN(CCCC)CCCC)cc1. The molecule has 0 aliphatic rings. The van der Waals surface area contributed by atoms with Crippen LogP contribution in [-0.2, 0) is 16.4 Å². The van der Waals surface area contributed by atoms with Gasteiger partial charge in [-0.2, -0.15) is 0 Å². The van der Waals surface area contributed by atoms with Crippen LogP contribution < -0.4 is 9.46 Å². The van der Waals surface area contributed by atoms with Crippen molar-refractivity contribution in [2.75, 3.05) is 37.2 Å². The molecular weight excluding hydrogens is 512 g/mol. The summed E-state index contributed by atoms with van der Waals surface area (Å²) in [5.41, 5.74) is 0.325. The minimum atomic E-state index is -3.67. The normalized spacial score (nSPS) is 15.5. The molecule has 0 saturated heterocycles. The van der Waals surface area contributed by atoms with Crippen LogP contribution in [0, 0.1) is 0 Å². The minimum Gasteiger partial charge on any atom is -0.494 e. The van der Waals surface area contributed by atoms with Gasteiger partial charge in [0.05, 0.1) is 18.4 Å². The lowest BCUT2D eigenvalue weighted by Gasteiger charge is -2.21. The van der Waals surface area contributed by atoms with Gasteiger partial charge < -0.3 is 14.1 Å². The Morgan fingerprint density at radius 2 is 1.74 bits per heavy atom. The second-order valence-corrected chi connectivity index (χ2v) is 11.3. The maximum absolute atomic E-state index is 13.9. The van der Waals surface area contributed by atoms with E-state index in [9.17, 15) is 13.2 Å². The summed E-state index contributed by atoms with van der Waals surface area (Å²) in [4.78, 5) is 16.4. The van der Waals surface area contributed by atoms with E-state index in [-0.39, 0.29) is 33.5 Å². The average Bonchev–Trinajstić information content (AvgIpc) is 3.30. The number of furan rings is 1. The number of anilines is 1. The van der Waals surface area contributed by atoms with Crippen LogP contribution in [0.4, 0.5) is 5.69 Å². The Kier molecular flexibility index (Phi) is 8.48. The van der Waals surface area contributed by atoms with Gasteiger partial charge >= 0.3 is 0 Å².